The minimum Gasteiger partial charge on any atom is -0.480 e. The van der Waals surface area contributed by atoms with Crippen molar-refractivity contribution < 1.29 is 24.2 Å². The quantitative estimate of drug-likeness (QED) is 0.0380. The largest absolute Gasteiger partial charge is 0.480 e. The van der Waals surface area contributed by atoms with E-state index in [0.29, 0.717) is 12.8 Å². The van der Waals surface area contributed by atoms with Crippen LogP contribution >= 0.6 is 0 Å². The molecule has 0 saturated heterocycles. The molecule has 0 aromatic carbocycles. The van der Waals surface area contributed by atoms with Gasteiger partial charge in [-0.25, -0.2) is 0 Å². The third-order valence-corrected chi connectivity index (χ3v) is 9.67. The Bertz CT molecular complexity index is 767. The molecule has 0 saturated carbocycles. The molecule has 0 aliphatic carbocycles. The lowest BCUT2D eigenvalue weighted by molar-refractivity contribution is -0.147. The molecule has 1 amide bonds. The first-order valence-electron chi connectivity index (χ1n) is 21.3. The Balaban J connectivity index is 4.07. The number of rotatable bonds is 39. The Morgan fingerprint density at radius 2 is 0.918 bits per heavy atom. The zero-order valence-electron chi connectivity index (χ0n) is 32.6. The number of ether oxygens (including phenoxy) is 1. The van der Waals surface area contributed by atoms with Crippen molar-refractivity contribution >= 4 is 17.8 Å². The molecule has 6 nitrogen and oxygen atoms in total. The number of hydrogen-bond donors (Lipinski definition) is 2. The van der Waals surface area contributed by atoms with Gasteiger partial charge in [-0.1, -0.05) is 187 Å². The van der Waals surface area contributed by atoms with E-state index >= 15 is 0 Å². The van der Waals surface area contributed by atoms with Gasteiger partial charge in [0, 0.05) is 12.8 Å². The molecule has 0 fully saturated rings. The van der Waals surface area contributed by atoms with Gasteiger partial charge in [0.2, 0.25) is 5.91 Å². The number of aliphatic carboxylic acids is 1. The van der Waals surface area contributed by atoms with Crippen molar-refractivity contribution in [2.24, 2.45) is 0 Å². The van der Waals surface area contributed by atoms with Crippen LogP contribution in [0.3, 0.4) is 0 Å². The highest BCUT2D eigenvalue weighted by atomic mass is 16.5. The predicted molar refractivity (Wildman–Crippen MR) is 208 cm³/mol. The summed E-state index contributed by atoms with van der Waals surface area (Å²) in [7, 11) is 0. The molecule has 0 aliphatic heterocycles. The van der Waals surface area contributed by atoms with Gasteiger partial charge in [0.05, 0.1) is 0 Å². The highest BCUT2D eigenvalue weighted by Crippen LogP contribution is 2.17. The van der Waals surface area contributed by atoms with Gasteiger partial charge in [-0.2, -0.15) is 0 Å². The number of amides is 1. The first kappa shape index (κ1) is 47.1. The molecule has 0 bridgehead atoms. The molecule has 288 valence electrons. The zero-order chi connectivity index (χ0) is 35.9. The van der Waals surface area contributed by atoms with Crippen molar-refractivity contribution in [3.8, 4) is 0 Å². The molecule has 1 unspecified atom stereocenters. The van der Waals surface area contributed by atoms with Crippen molar-refractivity contribution in [2.75, 3.05) is 6.54 Å². The topological polar surface area (TPSA) is 92.7 Å². The number of esters is 1. The number of allylic oxidation sites excluding steroid dienone is 1. The van der Waals surface area contributed by atoms with Crippen LogP contribution in [0, 0.1) is 0 Å². The standard InChI is InChI=1S/C43H81NO5/c1-3-5-7-9-11-13-14-15-16-17-18-19-20-22-24-30-34-38-43(48)49-40(35-31-27-23-21-12-10-8-6-4-2)36-32-28-25-26-29-33-37-41(45)44-39-42(46)47/h31,35,40H,3-30,32-34,36-39H2,1-2H3,(H,44,45)(H,46,47)/b35-31-. The van der Waals surface area contributed by atoms with Crippen molar-refractivity contribution in [1.82, 2.24) is 5.32 Å². The number of unbranched alkanes of at least 4 members (excludes halogenated alkanes) is 28. The van der Waals surface area contributed by atoms with Crippen LogP contribution in [0.1, 0.15) is 232 Å². The van der Waals surface area contributed by atoms with E-state index in [1.165, 1.54) is 141 Å². The Labute approximate surface area is 303 Å². The lowest BCUT2D eigenvalue weighted by Gasteiger charge is -2.15. The molecule has 49 heavy (non-hydrogen) atoms. The smallest absolute Gasteiger partial charge is 0.322 e. The summed E-state index contributed by atoms with van der Waals surface area (Å²) in [5.41, 5.74) is 0. The van der Waals surface area contributed by atoms with Gasteiger partial charge in [0.25, 0.3) is 0 Å². The van der Waals surface area contributed by atoms with E-state index in [9.17, 15) is 14.4 Å². The highest BCUT2D eigenvalue weighted by molar-refractivity contribution is 5.80. The lowest BCUT2D eigenvalue weighted by Crippen LogP contribution is -2.28. The molecular weight excluding hydrogens is 610 g/mol. The number of carbonyl (C=O) groups excluding carboxylic acids is 2. The Hall–Kier alpha value is -1.85. The maximum absolute atomic E-state index is 12.7. The summed E-state index contributed by atoms with van der Waals surface area (Å²) in [6.07, 6.45) is 45.0. The monoisotopic (exact) mass is 692 g/mol. The molecule has 0 rings (SSSR count). The second-order valence-electron chi connectivity index (χ2n) is 14.6. The average Bonchev–Trinajstić information content (AvgIpc) is 3.08. The van der Waals surface area contributed by atoms with Crippen LogP contribution in [0.4, 0.5) is 0 Å². The zero-order valence-corrected chi connectivity index (χ0v) is 32.6. The van der Waals surface area contributed by atoms with Crippen LogP contribution < -0.4 is 5.32 Å². The summed E-state index contributed by atoms with van der Waals surface area (Å²) in [4.78, 5) is 34.9. The van der Waals surface area contributed by atoms with E-state index in [2.05, 4.69) is 31.3 Å². The van der Waals surface area contributed by atoms with Crippen LogP contribution in [0.25, 0.3) is 0 Å². The van der Waals surface area contributed by atoms with E-state index < -0.39 is 5.97 Å². The summed E-state index contributed by atoms with van der Waals surface area (Å²) in [6, 6.07) is 0. The summed E-state index contributed by atoms with van der Waals surface area (Å²) >= 11 is 0. The summed E-state index contributed by atoms with van der Waals surface area (Å²) in [5, 5.41) is 11.1. The number of carboxylic acid groups (broad SMARTS) is 1. The first-order valence-corrected chi connectivity index (χ1v) is 21.3. The molecule has 0 radical (unpaired) electrons. The molecule has 0 aromatic heterocycles. The third kappa shape index (κ3) is 38.8. The summed E-state index contributed by atoms with van der Waals surface area (Å²) in [5.74, 6) is -1.25. The second kappa shape index (κ2) is 38.9. The van der Waals surface area contributed by atoms with Gasteiger partial charge in [0.1, 0.15) is 12.6 Å². The lowest BCUT2D eigenvalue weighted by atomic mass is 10.0. The molecule has 0 aliphatic rings. The van der Waals surface area contributed by atoms with E-state index in [1.54, 1.807) is 0 Å². The average molecular weight is 692 g/mol. The van der Waals surface area contributed by atoms with Crippen LogP contribution in [-0.4, -0.2) is 35.6 Å². The Morgan fingerprint density at radius 3 is 1.37 bits per heavy atom. The van der Waals surface area contributed by atoms with Crippen molar-refractivity contribution in [1.29, 1.82) is 0 Å². The van der Waals surface area contributed by atoms with E-state index in [4.69, 9.17) is 9.84 Å². The van der Waals surface area contributed by atoms with Crippen molar-refractivity contribution in [2.45, 2.75) is 238 Å². The fourth-order valence-electron chi connectivity index (χ4n) is 6.48. The molecule has 0 heterocycles. The number of hydrogen-bond acceptors (Lipinski definition) is 4. The summed E-state index contributed by atoms with van der Waals surface area (Å²) in [6.45, 7) is 4.23. The van der Waals surface area contributed by atoms with E-state index in [-0.39, 0.29) is 24.5 Å². The van der Waals surface area contributed by atoms with Crippen molar-refractivity contribution in [3.05, 3.63) is 12.2 Å². The summed E-state index contributed by atoms with van der Waals surface area (Å²) < 4.78 is 5.95. The minimum atomic E-state index is -1.01. The molecule has 0 spiro atoms. The van der Waals surface area contributed by atoms with Crippen molar-refractivity contribution in [3.63, 3.8) is 0 Å². The fraction of sp³-hybridized carbons (Fsp3) is 0.884. The number of carbonyl (C=O) groups is 3. The number of carboxylic acids is 1. The van der Waals surface area contributed by atoms with E-state index in [1.807, 2.05) is 0 Å². The maximum atomic E-state index is 12.7. The molecular formula is C43H81NO5. The second-order valence-corrected chi connectivity index (χ2v) is 14.6. The van der Waals surface area contributed by atoms with Crippen LogP contribution in [0.2, 0.25) is 0 Å². The first-order chi connectivity index (χ1) is 24.0. The van der Waals surface area contributed by atoms with Gasteiger partial charge < -0.3 is 15.2 Å². The van der Waals surface area contributed by atoms with Gasteiger partial charge >= 0.3 is 11.9 Å². The maximum Gasteiger partial charge on any atom is 0.322 e. The normalized spacial score (nSPS) is 12.0. The van der Waals surface area contributed by atoms with Crippen LogP contribution in [0.15, 0.2) is 12.2 Å². The van der Waals surface area contributed by atoms with Crippen LogP contribution in [0.5, 0.6) is 0 Å². The predicted octanol–water partition coefficient (Wildman–Crippen LogP) is 13.0. The molecule has 0 aromatic rings. The number of nitrogens with one attached hydrogen (secondary N) is 1. The highest BCUT2D eigenvalue weighted by Gasteiger charge is 2.12. The van der Waals surface area contributed by atoms with Gasteiger partial charge in [-0.3, -0.25) is 14.4 Å². The SMILES string of the molecule is CCCCCCCCC/C=C\C(CCCCCCCCC(=O)NCC(=O)O)OC(=O)CCCCCCCCCCCCCCCCCCC. The van der Waals surface area contributed by atoms with Gasteiger partial charge in [-0.05, 0) is 44.6 Å². The minimum absolute atomic E-state index is 0.0484. The molecule has 2 N–H and O–H groups in total. The Kier molecular flexibility index (Phi) is 37.5. The van der Waals surface area contributed by atoms with Gasteiger partial charge in [0.15, 0.2) is 0 Å². The molecule has 1 atom stereocenters. The van der Waals surface area contributed by atoms with Crippen LogP contribution in [-0.2, 0) is 19.1 Å². The van der Waals surface area contributed by atoms with Gasteiger partial charge in [-0.15, -0.1) is 0 Å². The van der Waals surface area contributed by atoms with E-state index in [0.717, 1.165) is 64.2 Å². The fourth-order valence-corrected chi connectivity index (χ4v) is 6.48. The molecule has 6 heteroatoms. The third-order valence-electron chi connectivity index (χ3n) is 9.67. The Morgan fingerprint density at radius 1 is 0.531 bits per heavy atom.